The summed E-state index contributed by atoms with van der Waals surface area (Å²) in [7, 11) is 2.26. The van der Waals surface area contributed by atoms with Crippen LogP contribution in [-0.4, -0.2) is 24.5 Å². The molecule has 1 aliphatic heterocycles. The van der Waals surface area contributed by atoms with E-state index in [1.165, 1.54) is 32.2 Å². The van der Waals surface area contributed by atoms with Crippen LogP contribution in [0.15, 0.2) is 0 Å². The molecule has 0 aromatic heterocycles. The number of likely N-dealkylation sites (tertiary alicyclic amines) is 1. The molecule has 0 radical (unpaired) electrons. The van der Waals surface area contributed by atoms with Crippen molar-refractivity contribution >= 4 is 0 Å². The van der Waals surface area contributed by atoms with E-state index in [1.54, 1.807) is 0 Å². The van der Waals surface area contributed by atoms with Gasteiger partial charge < -0.3 is 4.90 Å². The van der Waals surface area contributed by atoms with Gasteiger partial charge in [-0.05, 0) is 38.6 Å². The second kappa shape index (κ2) is 10.1. The maximum Gasteiger partial charge on any atom is 0.00698 e. The molecular weight excluding hydrogens is 194 g/mol. The Bertz CT molecular complexity index is 126. The van der Waals surface area contributed by atoms with Crippen LogP contribution in [0.1, 0.15) is 74.1 Å². The van der Waals surface area contributed by atoms with E-state index in [9.17, 15) is 0 Å². The van der Waals surface area contributed by atoms with Gasteiger partial charge in [-0.3, -0.25) is 0 Å². The summed E-state index contributed by atoms with van der Waals surface area (Å²) in [5.74, 6) is 0. The maximum atomic E-state index is 2.51. The topological polar surface area (TPSA) is 3.24 Å². The zero-order chi connectivity index (χ0) is 13.2. The Hall–Kier alpha value is -0.0400. The molecule has 2 aliphatic rings. The largest absolute Gasteiger partial charge is 0.303 e. The summed E-state index contributed by atoms with van der Waals surface area (Å²) in [6.07, 6.45) is 5.95. The van der Waals surface area contributed by atoms with Crippen molar-refractivity contribution in [2.75, 3.05) is 13.6 Å². The Morgan fingerprint density at radius 1 is 0.938 bits per heavy atom. The minimum Gasteiger partial charge on any atom is -0.303 e. The van der Waals surface area contributed by atoms with E-state index in [1.807, 2.05) is 41.5 Å². The van der Waals surface area contributed by atoms with Crippen molar-refractivity contribution in [3.05, 3.63) is 0 Å². The maximum absolute atomic E-state index is 2.51. The molecule has 1 unspecified atom stereocenters. The smallest absolute Gasteiger partial charge is 0.00698 e. The van der Waals surface area contributed by atoms with E-state index in [4.69, 9.17) is 0 Å². The minimum absolute atomic E-state index is 0.786. The zero-order valence-corrected chi connectivity index (χ0v) is 13.1. The minimum atomic E-state index is 0.786. The third-order valence-corrected chi connectivity index (χ3v) is 3.48. The van der Waals surface area contributed by atoms with Crippen molar-refractivity contribution in [1.29, 1.82) is 0 Å². The van der Waals surface area contributed by atoms with Gasteiger partial charge in [-0.15, -0.1) is 0 Å². The SMILES string of the molecule is CC.CC.CC.CC1CC2(CCC2)CN1C. The normalized spacial score (nSPS) is 25.1. The van der Waals surface area contributed by atoms with Crippen LogP contribution in [0.5, 0.6) is 0 Å². The Morgan fingerprint density at radius 2 is 1.38 bits per heavy atom. The molecule has 2 fully saturated rings. The number of nitrogens with zero attached hydrogens (tertiary/aromatic N) is 1. The van der Waals surface area contributed by atoms with Crippen LogP contribution in [0, 0.1) is 5.41 Å². The second-order valence-electron chi connectivity index (χ2n) is 4.32. The molecule has 1 nitrogen and oxygen atoms in total. The molecule has 1 heteroatoms. The zero-order valence-electron chi connectivity index (χ0n) is 13.1. The molecule has 1 saturated carbocycles. The van der Waals surface area contributed by atoms with E-state index in [2.05, 4.69) is 18.9 Å². The lowest BCUT2D eigenvalue weighted by Crippen LogP contribution is -2.31. The quantitative estimate of drug-likeness (QED) is 0.567. The first-order valence-electron chi connectivity index (χ1n) is 7.42. The lowest BCUT2D eigenvalue weighted by molar-refractivity contribution is 0.145. The summed E-state index contributed by atoms with van der Waals surface area (Å²) in [5, 5.41) is 0. The first kappa shape index (κ1) is 18.3. The molecule has 1 spiro atoms. The highest BCUT2D eigenvalue weighted by Crippen LogP contribution is 2.49. The Balaban J connectivity index is 0. The van der Waals surface area contributed by atoms with Gasteiger partial charge in [0.2, 0.25) is 0 Å². The first-order chi connectivity index (χ1) is 7.72. The van der Waals surface area contributed by atoms with E-state index >= 15 is 0 Å². The van der Waals surface area contributed by atoms with Gasteiger partial charge in [-0.2, -0.15) is 0 Å². The molecule has 1 saturated heterocycles. The Morgan fingerprint density at radius 3 is 1.50 bits per heavy atom. The van der Waals surface area contributed by atoms with Crippen molar-refractivity contribution in [1.82, 2.24) is 4.90 Å². The standard InChI is InChI=1S/C9H17N.3C2H6/c1-8-6-9(4-3-5-9)7-10(8)2;3*1-2/h8H,3-7H2,1-2H3;3*1-2H3. The fraction of sp³-hybridized carbons (Fsp3) is 1.00. The molecule has 0 aromatic rings. The van der Waals surface area contributed by atoms with E-state index < -0.39 is 0 Å². The number of hydrogen-bond acceptors (Lipinski definition) is 1. The van der Waals surface area contributed by atoms with Gasteiger partial charge in [0.1, 0.15) is 0 Å². The van der Waals surface area contributed by atoms with Crippen molar-refractivity contribution in [3.8, 4) is 0 Å². The lowest BCUT2D eigenvalue weighted by Gasteiger charge is -2.37. The fourth-order valence-corrected chi connectivity index (χ4v) is 2.57. The highest BCUT2D eigenvalue weighted by molar-refractivity contribution is 4.97. The van der Waals surface area contributed by atoms with Gasteiger partial charge in [0.05, 0.1) is 0 Å². The molecule has 0 aromatic carbocycles. The van der Waals surface area contributed by atoms with Crippen LogP contribution in [0.2, 0.25) is 0 Å². The van der Waals surface area contributed by atoms with Gasteiger partial charge in [-0.1, -0.05) is 48.0 Å². The molecule has 2 rings (SSSR count). The van der Waals surface area contributed by atoms with Gasteiger partial charge in [0, 0.05) is 12.6 Å². The molecule has 0 bridgehead atoms. The first-order valence-corrected chi connectivity index (χ1v) is 7.42. The molecule has 1 atom stereocenters. The number of hydrogen-bond donors (Lipinski definition) is 0. The molecule has 16 heavy (non-hydrogen) atoms. The highest BCUT2D eigenvalue weighted by atomic mass is 15.2. The lowest BCUT2D eigenvalue weighted by atomic mass is 9.68. The van der Waals surface area contributed by atoms with Crippen molar-refractivity contribution in [2.24, 2.45) is 5.41 Å². The van der Waals surface area contributed by atoms with Crippen molar-refractivity contribution in [2.45, 2.75) is 80.2 Å². The molecule has 100 valence electrons. The monoisotopic (exact) mass is 229 g/mol. The summed E-state index contributed by atoms with van der Waals surface area (Å²) in [6, 6.07) is 0.847. The van der Waals surface area contributed by atoms with Crippen LogP contribution in [0.25, 0.3) is 0 Å². The Labute approximate surface area is 105 Å². The van der Waals surface area contributed by atoms with Gasteiger partial charge >= 0.3 is 0 Å². The van der Waals surface area contributed by atoms with Crippen molar-refractivity contribution in [3.63, 3.8) is 0 Å². The summed E-state index contributed by atoms with van der Waals surface area (Å²) < 4.78 is 0. The molecular formula is C15H35N. The van der Waals surface area contributed by atoms with Crippen LogP contribution < -0.4 is 0 Å². The van der Waals surface area contributed by atoms with Crippen molar-refractivity contribution < 1.29 is 0 Å². The van der Waals surface area contributed by atoms with Gasteiger partial charge in [0.25, 0.3) is 0 Å². The molecule has 1 aliphatic carbocycles. The fourth-order valence-electron chi connectivity index (χ4n) is 2.57. The predicted octanol–water partition coefficient (Wildman–Crippen LogP) is 4.96. The summed E-state index contributed by atoms with van der Waals surface area (Å²) in [6.45, 7) is 15.7. The van der Waals surface area contributed by atoms with Gasteiger partial charge in [0.15, 0.2) is 0 Å². The highest BCUT2D eigenvalue weighted by Gasteiger charge is 2.44. The van der Waals surface area contributed by atoms with Crippen LogP contribution in [0.4, 0.5) is 0 Å². The predicted molar refractivity (Wildman–Crippen MR) is 77.0 cm³/mol. The molecule has 0 amide bonds. The van der Waals surface area contributed by atoms with Crippen LogP contribution >= 0.6 is 0 Å². The third-order valence-electron chi connectivity index (χ3n) is 3.48. The summed E-state index contributed by atoms with van der Waals surface area (Å²) in [4.78, 5) is 2.51. The van der Waals surface area contributed by atoms with Gasteiger partial charge in [-0.25, -0.2) is 0 Å². The van der Waals surface area contributed by atoms with Crippen LogP contribution in [-0.2, 0) is 0 Å². The Kier molecular flexibility index (Phi) is 11.6. The summed E-state index contributed by atoms with van der Waals surface area (Å²) in [5.41, 5.74) is 0.786. The van der Waals surface area contributed by atoms with E-state index in [0.717, 1.165) is 11.5 Å². The average molecular weight is 229 g/mol. The molecule has 1 heterocycles. The third kappa shape index (κ3) is 4.86. The van der Waals surface area contributed by atoms with E-state index in [-0.39, 0.29) is 0 Å². The summed E-state index contributed by atoms with van der Waals surface area (Å²) >= 11 is 0. The average Bonchev–Trinajstić information content (AvgIpc) is 2.64. The molecule has 0 N–H and O–H groups in total. The van der Waals surface area contributed by atoms with Crippen LogP contribution in [0.3, 0.4) is 0 Å². The second-order valence-corrected chi connectivity index (χ2v) is 4.32. The van der Waals surface area contributed by atoms with E-state index in [0.29, 0.717) is 0 Å². The number of rotatable bonds is 0.